The van der Waals surface area contributed by atoms with Crippen LogP contribution in [0.3, 0.4) is 0 Å². The fraction of sp³-hybridized carbons (Fsp3) is 0.435. The molecule has 3 aliphatic carbocycles. The first-order valence-electron chi connectivity index (χ1n) is 10.4. The van der Waals surface area contributed by atoms with E-state index >= 15 is 0 Å². The number of allylic oxidation sites excluding steroid dienone is 1. The smallest absolute Gasteiger partial charge is 0.255 e. The number of nitrogens with zero attached hydrogens (tertiary/aromatic N) is 2. The SMILES string of the molecule is CN(C)c1cccc2c1CC1CC3[C@@H](N(C)C)C(O)=C(C(N)=O)C(=O)[C@@]3(O)C(O)=C1C2=O. The van der Waals surface area contributed by atoms with Crippen molar-refractivity contribution in [3.05, 3.63) is 52.0 Å². The van der Waals surface area contributed by atoms with Gasteiger partial charge in [-0.3, -0.25) is 19.3 Å². The molecule has 9 nitrogen and oxygen atoms in total. The standard InChI is InChI=1S/C23H27N3O6/c1-25(2)14-7-5-6-11-12(14)8-10-9-13-17(26(3)4)19(28)16(22(24)31)21(30)23(13,32)20(29)15(10)18(11)27/h5-7,10,13,17,28-29,32H,8-9H2,1-4H3,(H2,24,31)/t10?,13?,17-,23+/m1/s1. The molecule has 0 saturated carbocycles. The third-order valence-electron chi connectivity index (χ3n) is 6.97. The van der Waals surface area contributed by atoms with Crippen LogP contribution in [0.25, 0.3) is 0 Å². The van der Waals surface area contributed by atoms with Crippen LogP contribution < -0.4 is 10.6 Å². The molecule has 0 aliphatic heterocycles. The zero-order valence-electron chi connectivity index (χ0n) is 18.4. The van der Waals surface area contributed by atoms with Crippen molar-refractivity contribution in [3.63, 3.8) is 0 Å². The van der Waals surface area contributed by atoms with Gasteiger partial charge in [-0.25, -0.2) is 0 Å². The van der Waals surface area contributed by atoms with E-state index in [1.165, 1.54) is 0 Å². The predicted octanol–water partition coefficient (Wildman–Crippen LogP) is 0.481. The lowest BCUT2D eigenvalue weighted by Gasteiger charge is -2.50. The summed E-state index contributed by atoms with van der Waals surface area (Å²) >= 11 is 0. The minimum absolute atomic E-state index is 0.0248. The number of amides is 1. The number of Topliss-reactive ketones (excluding diaryl/α,β-unsaturated/α-hetero) is 2. The number of anilines is 1. The molecule has 1 amide bonds. The molecule has 9 heteroatoms. The second kappa shape index (κ2) is 7.18. The number of primary amides is 1. The normalized spacial score (nSPS) is 29.6. The highest BCUT2D eigenvalue weighted by molar-refractivity contribution is 6.24. The van der Waals surface area contributed by atoms with Crippen molar-refractivity contribution in [1.82, 2.24) is 4.90 Å². The van der Waals surface area contributed by atoms with Crippen molar-refractivity contribution in [2.24, 2.45) is 17.6 Å². The lowest BCUT2D eigenvalue weighted by molar-refractivity contribution is -0.148. The highest BCUT2D eigenvalue weighted by atomic mass is 16.3. The molecule has 4 rings (SSSR count). The van der Waals surface area contributed by atoms with Crippen LogP contribution in [-0.2, 0) is 16.0 Å². The molecule has 0 radical (unpaired) electrons. The zero-order chi connectivity index (χ0) is 23.7. The zero-order valence-corrected chi connectivity index (χ0v) is 18.4. The number of carbonyl (C=O) groups is 3. The lowest BCUT2D eigenvalue weighted by Crippen LogP contribution is -2.63. The van der Waals surface area contributed by atoms with Crippen LogP contribution in [0.2, 0.25) is 0 Å². The number of carbonyl (C=O) groups excluding carboxylic acids is 3. The van der Waals surface area contributed by atoms with Gasteiger partial charge in [-0.15, -0.1) is 0 Å². The van der Waals surface area contributed by atoms with Crippen LogP contribution in [0.15, 0.2) is 40.9 Å². The van der Waals surface area contributed by atoms with Gasteiger partial charge in [0, 0.05) is 36.8 Å². The van der Waals surface area contributed by atoms with Gasteiger partial charge in [0.1, 0.15) is 17.1 Å². The van der Waals surface area contributed by atoms with E-state index in [-0.39, 0.29) is 12.0 Å². The van der Waals surface area contributed by atoms with E-state index in [2.05, 4.69) is 0 Å². The first-order valence-corrected chi connectivity index (χ1v) is 10.4. The monoisotopic (exact) mass is 441 g/mol. The van der Waals surface area contributed by atoms with Crippen LogP contribution in [-0.4, -0.2) is 77.5 Å². The number of aliphatic hydroxyl groups is 3. The van der Waals surface area contributed by atoms with Gasteiger partial charge in [-0.05, 0) is 44.5 Å². The Morgan fingerprint density at radius 1 is 1.16 bits per heavy atom. The Bertz CT molecular complexity index is 1120. The Balaban J connectivity index is 1.95. The molecule has 5 N–H and O–H groups in total. The number of rotatable bonds is 3. The first kappa shape index (κ1) is 22.0. The molecule has 170 valence electrons. The number of benzene rings is 1. The van der Waals surface area contributed by atoms with Gasteiger partial charge < -0.3 is 26.0 Å². The van der Waals surface area contributed by atoms with Gasteiger partial charge in [0.05, 0.1) is 6.04 Å². The second-order valence-corrected chi connectivity index (χ2v) is 9.16. The van der Waals surface area contributed by atoms with Gasteiger partial charge in [0.25, 0.3) is 5.91 Å². The van der Waals surface area contributed by atoms with E-state index in [1.54, 1.807) is 31.1 Å². The average molecular weight is 441 g/mol. The molecule has 1 aromatic rings. The highest BCUT2D eigenvalue weighted by Crippen LogP contribution is 2.52. The van der Waals surface area contributed by atoms with E-state index in [0.29, 0.717) is 12.0 Å². The summed E-state index contributed by atoms with van der Waals surface area (Å²) in [6.07, 6.45) is 0.566. The number of aliphatic hydroxyl groups excluding tert-OH is 2. The van der Waals surface area contributed by atoms with Crippen molar-refractivity contribution in [2.75, 3.05) is 33.1 Å². The summed E-state index contributed by atoms with van der Waals surface area (Å²) in [5.41, 5.74) is 4.11. The second-order valence-electron chi connectivity index (χ2n) is 9.16. The van der Waals surface area contributed by atoms with E-state index in [1.807, 2.05) is 25.1 Å². The van der Waals surface area contributed by atoms with Crippen LogP contribution in [0.5, 0.6) is 0 Å². The van der Waals surface area contributed by atoms with Crippen LogP contribution >= 0.6 is 0 Å². The number of likely N-dealkylation sites (N-methyl/N-ethyl adjacent to an activating group) is 1. The quantitative estimate of drug-likeness (QED) is 0.496. The van der Waals surface area contributed by atoms with Gasteiger partial charge in [0.15, 0.2) is 11.4 Å². The summed E-state index contributed by atoms with van der Waals surface area (Å²) in [6, 6.07) is 4.35. The number of ketones is 2. The van der Waals surface area contributed by atoms with Gasteiger partial charge in [0.2, 0.25) is 5.78 Å². The molecule has 2 unspecified atom stereocenters. The van der Waals surface area contributed by atoms with E-state index < -0.39 is 58.0 Å². The van der Waals surface area contributed by atoms with Crippen molar-refractivity contribution in [1.29, 1.82) is 0 Å². The molecule has 0 fully saturated rings. The maximum Gasteiger partial charge on any atom is 0.255 e. The van der Waals surface area contributed by atoms with Crippen molar-refractivity contribution in [2.45, 2.75) is 24.5 Å². The minimum atomic E-state index is -2.54. The topological polar surface area (TPSA) is 144 Å². The lowest BCUT2D eigenvalue weighted by atomic mass is 9.58. The Labute approximate surface area is 185 Å². The minimum Gasteiger partial charge on any atom is -0.510 e. The summed E-state index contributed by atoms with van der Waals surface area (Å²) in [5, 5.41) is 33.5. The highest BCUT2D eigenvalue weighted by Gasteiger charge is 2.63. The van der Waals surface area contributed by atoms with E-state index in [4.69, 9.17) is 5.73 Å². The molecule has 1 aromatic carbocycles. The molecular weight excluding hydrogens is 414 g/mol. The maximum absolute atomic E-state index is 13.4. The average Bonchev–Trinajstić information content (AvgIpc) is 2.70. The summed E-state index contributed by atoms with van der Waals surface area (Å²) < 4.78 is 0. The molecule has 0 aromatic heterocycles. The molecule has 0 saturated heterocycles. The molecule has 4 atom stereocenters. The van der Waals surface area contributed by atoms with Crippen molar-refractivity contribution in [3.8, 4) is 0 Å². The number of fused-ring (bicyclic) bond motifs is 3. The number of nitrogens with two attached hydrogens (primary N) is 1. The molecule has 0 spiro atoms. The largest absolute Gasteiger partial charge is 0.510 e. The third-order valence-corrected chi connectivity index (χ3v) is 6.97. The number of hydrogen-bond acceptors (Lipinski definition) is 8. The third kappa shape index (κ3) is 2.74. The van der Waals surface area contributed by atoms with Crippen LogP contribution in [0.4, 0.5) is 5.69 Å². The van der Waals surface area contributed by atoms with Crippen LogP contribution in [0, 0.1) is 11.8 Å². The Hall–Kier alpha value is -3.17. The summed E-state index contributed by atoms with van der Waals surface area (Å²) in [5.74, 6) is -5.60. The molecular formula is C23H27N3O6. The Kier molecular flexibility index (Phi) is 4.94. The van der Waals surface area contributed by atoms with Crippen molar-refractivity contribution < 1.29 is 29.7 Å². The molecule has 3 aliphatic rings. The maximum atomic E-state index is 13.4. The van der Waals surface area contributed by atoms with Crippen LogP contribution in [0.1, 0.15) is 22.3 Å². The first-order chi connectivity index (χ1) is 14.9. The van der Waals surface area contributed by atoms with E-state index in [9.17, 15) is 29.7 Å². The Morgan fingerprint density at radius 2 is 1.81 bits per heavy atom. The fourth-order valence-corrected chi connectivity index (χ4v) is 5.58. The van der Waals surface area contributed by atoms with Crippen molar-refractivity contribution >= 4 is 23.2 Å². The van der Waals surface area contributed by atoms with Gasteiger partial charge in [-0.2, -0.15) is 0 Å². The molecule has 0 bridgehead atoms. The molecule has 32 heavy (non-hydrogen) atoms. The fourth-order valence-electron chi connectivity index (χ4n) is 5.58. The number of hydrogen-bond donors (Lipinski definition) is 4. The summed E-state index contributed by atoms with van der Waals surface area (Å²) in [7, 11) is 6.99. The summed E-state index contributed by atoms with van der Waals surface area (Å²) in [6.45, 7) is 0. The van der Waals surface area contributed by atoms with E-state index in [0.717, 1.165) is 11.3 Å². The Morgan fingerprint density at radius 3 is 2.38 bits per heavy atom. The molecule has 0 heterocycles. The van der Waals surface area contributed by atoms with Gasteiger partial charge >= 0.3 is 0 Å². The predicted molar refractivity (Wildman–Crippen MR) is 116 cm³/mol. The summed E-state index contributed by atoms with van der Waals surface area (Å²) in [4.78, 5) is 42.0. The van der Waals surface area contributed by atoms with Gasteiger partial charge in [-0.1, -0.05) is 12.1 Å².